The van der Waals surface area contributed by atoms with Crippen LogP contribution in [0.3, 0.4) is 0 Å². The molecular weight excluding hydrogens is 154 g/mol. The monoisotopic (exact) mass is 167 g/mol. The van der Waals surface area contributed by atoms with Gasteiger partial charge in [0.25, 0.3) is 0 Å². The van der Waals surface area contributed by atoms with E-state index in [1.165, 1.54) is 0 Å². The van der Waals surface area contributed by atoms with Gasteiger partial charge in [-0.3, -0.25) is 4.84 Å². The van der Waals surface area contributed by atoms with E-state index in [9.17, 15) is 0 Å². The Morgan fingerprint density at radius 2 is 1.92 bits per heavy atom. The zero-order valence-corrected chi connectivity index (χ0v) is 7.33. The van der Waals surface area contributed by atoms with Crippen LogP contribution < -0.4 is 10.2 Å². The van der Waals surface area contributed by atoms with E-state index in [0.29, 0.717) is 6.61 Å². The third-order valence-electron chi connectivity index (χ3n) is 1.54. The predicted molar refractivity (Wildman–Crippen MR) is 46.8 cm³/mol. The molecule has 0 heterocycles. The van der Waals surface area contributed by atoms with Crippen molar-refractivity contribution in [1.82, 2.24) is 5.48 Å². The van der Waals surface area contributed by atoms with Crippen molar-refractivity contribution in [2.45, 2.75) is 6.61 Å². The van der Waals surface area contributed by atoms with Gasteiger partial charge >= 0.3 is 0 Å². The van der Waals surface area contributed by atoms with Gasteiger partial charge in [0, 0.05) is 7.05 Å². The number of methoxy groups -OCH3 is 1. The van der Waals surface area contributed by atoms with Crippen molar-refractivity contribution in [3.05, 3.63) is 29.8 Å². The molecule has 0 aliphatic carbocycles. The number of benzene rings is 1. The van der Waals surface area contributed by atoms with E-state index >= 15 is 0 Å². The zero-order valence-electron chi connectivity index (χ0n) is 7.33. The summed E-state index contributed by atoms with van der Waals surface area (Å²) in [4.78, 5) is 5.00. The first-order valence-electron chi connectivity index (χ1n) is 3.78. The average molecular weight is 167 g/mol. The van der Waals surface area contributed by atoms with Gasteiger partial charge in [0.05, 0.1) is 13.7 Å². The van der Waals surface area contributed by atoms with E-state index in [-0.39, 0.29) is 0 Å². The van der Waals surface area contributed by atoms with E-state index < -0.39 is 0 Å². The van der Waals surface area contributed by atoms with Crippen LogP contribution in [0.1, 0.15) is 5.56 Å². The van der Waals surface area contributed by atoms with Crippen LogP contribution in [0.15, 0.2) is 24.3 Å². The summed E-state index contributed by atoms with van der Waals surface area (Å²) >= 11 is 0. The molecule has 0 aliphatic heterocycles. The standard InChI is InChI=1S/C9H13NO2/c1-10-12-7-8-3-5-9(11-2)6-4-8/h3-6,10H,7H2,1-2H3. The molecule has 1 N–H and O–H groups in total. The molecular formula is C9H13NO2. The van der Waals surface area contributed by atoms with Gasteiger partial charge in [-0.25, -0.2) is 5.48 Å². The summed E-state index contributed by atoms with van der Waals surface area (Å²) in [5.41, 5.74) is 3.73. The minimum absolute atomic E-state index is 0.570. The predicted octanol–water partition coefficient (Wildman–Crippen LogP) is 1.35. The topological polar surface area (TPSA) is 30.5 Å². The Morgan fingerprint density at radius 3 is 2.42 bits per heavy atom. The van der Waals surface area contributed by atoms with Crippen molar-refractivity contribution in [3.8, 4) is 5.75 Å². The molecule has 0 saturated heterocycles. The van der Waals surface area contributed by atoms with Gasteiger partial charge in [-0.1, -0.05) is 12.1 Å². The first-order valence-corrected chi connectivity index (χ1v) is 3.78. The molecule has 3 heteroatoms. The number of hydroxylamine groups is 1. The molecule has 0 radical (unpaired) electrons. The first kappa shape index (κ1) is 9.03. The Hall–Kier alpha value is -1.06. The maximum atomic E-state index is 5.02. The molecule has 12 heavy (non-hydrogen) atoms. The molecule has 0 aliphatic rings. The fourth-order valence-electron chi connectivity index (χ4n) is 0.877. The Labute approximate surface area is 72.3 Å². The van der Waals surface area contributed by atoms with E-state index in [1.54, 1.807) is 14.2 Å². The molecule has 3 nitrogen and oxygen atoms in total. The molecule has 1 rings (SSSR count). The molecule has 0 atom stereocenters. The highest BCUT2D eigenvalue weighted by Crippen LogP contribution is 2.11. The summed E-state index contributed by atoms with van der Waals surface area (Å²) in [5.74, 6) is 0.864. The van der Waals surface area contributed by atoms with Crippen LogP contribution in [0.5, 0.6) is 5.75 Å². The summed E-state index contributed by atoms with van der Waals surface area (Å²) in [6, 6.07) is 7.76. The van der Waals surface area contributed by atoms with E-state index in [2.05, 4.69) is 5.48 Å². The molecule has 0 fully saturated rings. The molecule has 0 aromatic heterocycles. The van der Waals surface area contributed by atoms with Crippen LogP contribution in [-0.2, 0) is 11.4 Å². The number of hydrogen-bond acceptors (Lipinski definition) is 3. The quantitative estimate of drug-likeness (QED) is 0.686. The van der Waals surface area contributed by atoms with Crippen LogP contribution >= 0.6 is 0 Å². The highest BCUT2D eigenvalue weighted by atomic mass is 16.6. The van der Waals surface area contributed by atoms with Gasteiger partial charge in [-0.05, 0) is 17.7 Å². The average Bonchev–Trinajstić information content (AvgIpc) is 2.15. The third-order valence-corrected chi connectivity index (χ3v) is 1.54. The van der Waals surface area contributed by atoms with Crippen LogP contribution in [-0.4, -0.2) is 14.2 Å². The van der Waals surface area contributed by atoms with Gasteiger partial charge in [-0.2, -0.15) is 0 Å². The number of rotatable bonds is 4. The molecule has 0 saturated carbocycles. The van der Waals surface area contributed by atoms with Crippen molar-refractivity contribution in [2.75, 3.05) is 14.2 Å². The zero-order chi connectivity index (χ0) is 8.81. The number of nitrogens with one attached hydrogen (secondary N) is 1. The maximum Gasteiger partial charge on any atom is 0.118 e. The molecule has 0 bridgehead atoms. The smallest absolute Gasteiger partial charge is 0.118 e. The van der Waals surface area contributed by atoms with E-state index in [1.807, 2.05) is 24.3 Å². The summed E-state index contributed by atoms with van der Waals surface area (Å²) in [7, 11) is 3.39. The second kappa shape index (κ2) is 4.74. The van der Waals surface area contributed by atoms with Gasteiger partial charge in [0.2, 0.25) is 0 Å². The fourth-order valence-corrected chi connectivity index (χ4v) is 0.877. The van der Waals surface area contributed by atoms with Crippen LogP contribution in [0.25, 0.3) is 0 Å². The SMILES string of the molecule is CNOCc1ccc(OC)cc1. The Bertz CT molecular complexity index is 220. The molecule has 1 aromatic rings. The first-order chi connectivity index (χ1) is 5.86. The fraction of sp³-hybridized carbons (Fsp3) is 0.333. The summed E-state index contributed by atoms with van der Waals surface area (Å²) in [6.45, 7) is 0.570. The van der Waals surface area contributed by atoms with E-state index in [0.717, 1.165) is 11.3 Å². The lowest BCUT2D eigenvalue weighted by atomic mass is 10.2. The number of ether oxygens (including phenoxy) is 1. The molecule has 0 unspecified atom stereocenters. The second-order valence-corrected chi connectivity index (χ2v) is 2.34. The molecule has 66 valence electrons. The maximum absolute atomic E-state index is 5.02. The highest BCUT2D eigenvalue weighted by molar-refractivity contribution is 5.26. The Kier molecular flexibility index (Phi) is 3.57. The van der Waals surface area contributed by atoms with Crippen molar-refractivity contribution < 1.29 is 9.57 Å². The lowest BCUT2D eigenvalue weighted by Gasteiger charge is -2.02. The van der Waals surface area contributed by atoms with Gasteiger partial charge < -0.3 is 4.74 Å². The largest absolute Gasteiger partial charge is 0.497 e. The molecule has 1 aromatic carbocycles. The van der Waals surface area contributed by atoms with Crippen molar-refractivity contribution in [3.63, 3.8) is 0 Å². The molecule has 0 amide bonds. The van der Waals surface area contributed by atoms with Gasteiger partial charge in [0.1, 0.15) is 5.75 Å². The highest BCUT2D eigenvalue weighted by Gasteiger charge is 1.92. The summed E-state index contributed by atoms with van der Waals surface area (Å²) in [5, 5.41) is 0. The van der Waals surface area contributed by atoms with Crippen molar-refractivity contribution in [1.29, 1.82) is 0 Å². The Morgan fingerprint density at radius 1 is 1.25 bits per heavy atom. The van der Waals surface area contributed by atoms with Crippen molar-refractivity contribution in [2.24, 2.45) is 0 Å². The summed E-state index contributed by atoms with van der Waals surface area (Å²) in [6.07, 6.45) is 0. The van der Waals surface area contributed by atoms with Crippen LogP contribution in [0.4, 0.5) is 0 Å². The molecule has 0 spiro atoms. The van der Waals surface area contributed by atoms with Crippen LogP contribution in [0, 0.1) is 0 Å². The lowest BCUT2D eigenvalue weighted by Crippen LogP contribution is -2.06. The van der Waals surface area contributed by atoms with Gasteiger partial charge in [0.15, 0.2) is 0 Å². The minimum Gasteiger partial charge on any atom is -0.497 e. The normalized spacial score (nSPS) is 9.83. The second-order valence-electron chi connectivity index (χ2n) is 2.34. The van der Waals surface area contributed by atoms with Gasteiger partial charge in [-0.15, -0.1) is 0 Å². The number of hydrogen-bond donors (Lipinski definition) is 1. The lowest BCUT2D eigenvalue weighted by molar-refractivity contribution is 0.0444. The van der Waals surface area contributed by atoms with Crippen molar-refractivity contribution >= 4 is 0 Å². The Balaban J connectivity index is 2.53. The third kappa shape index (κ3) is 2.53. The van der Waals surface area contributed by atoms with Crippen LogP contribution in [0.2, 0.25) is 0 Å². The van der Waals surface area contributed by atoms with E-state index in [4.69, 9.17) is 9.57 Å². The summed E-state index contributed by atoms with van der Waals surface area (Å²) < 4.78 is 5.02. The minimum atomic E-state index is 0.570.